The molecule has 6 heteroatoms. The largest absolute Gasteiger partial charge is 0.502 e. The van der Waals surface area contributed by atoms with E-state index in [1.165, 1.54) is 6.08 Å². The maximum Gasteiger partial charge on any atom is 0.339 e. The van der Waals surface area contributed by atoms with Crippen LogP contribution in [0.15, 0.2) is 35.3 Å². The molecule has 0 saturated heterocycles. The van der Waals surface area contributed by atoms with Gasteiger partial charge in [-0.3, -0.25) is 10.1 Å². The zero-order chi connectivity index (χ0) is 10.7. The van der Waals surface area contributed by atoms with E-state index >= 15 is 0 Å². The summed E-state index contributed by atoms with van der Waals surface area (Å²) in [6.45, 7) is 0. The van der Waals surface area contributed by atoms with Crippen LogP contribution in [0.25, 0.3) is 0 Å². The third-order valence-corrected chi connectivity index (χ3v) is 1.66. The molecular weight excluding hydrogens is 190 g/mol. The third-order valence-electron chi connectivity index (χ3n) is 1.66. The summed E-state index contributed by atoms with van der Waals surface area (Å²) >= 11 is 0. The molecule has 0 bridgehead atoms. The molecule has 1 rings (SSSR count). The molecule has 0 amide bonds. The molecule has 0 saturated carbocycles. The van der Waals surface area contributed by atoms with Gasteiger partial charge in [-0.2, -0.15) is 0 Å². The van der Waals surface area contributed by atoms with Crippen molar-refractivity contribution < 1.29 is 19.9 Å². The summed E-state index contributed by atoms with van der Waals surface area (Å²) in [4.78, 5) is 20.2. The van der Waals surface area contributed by atoms with Gasteiger partial charge in [0.25, 0.3) is 0 Å². The molecule has 0 radical (unpaired) electrons. The van der Waals surface area contributed by atoms with E-state index in [0.29, 0.717) is 0 Å². The second-order valence-corrected chi connectivity index (χ2v) is 2.55. The van der Waals surface area contributed by atoms with Gasteiger partial charge in [0.05, 0.1) is 4.92 Å². The number of hydrogen-bond acceptors (Lipinski definition) is 4. The molecule has 0 aromatic rings. The standard InChI is InChI=1S/C8H7NO5/c10-7-5(8(11)12)3-1-2-4-6(7)9(13)14/h1,3-4,10H,2H2,(H,11,12). The van der Waals surface area contributed by atoms with Crippen LogP contribution in [0.2, 0.25) is 0 Å². The molecule has 0 aromatic heterocycles. The fraction of sp³-hybridized carbons (Fsp3) is 0.125. The molecule has 14 heavy (non-hydrogen) atoms. The highest BCUT2D eigenvalue weighted by atomic mass is 16.6. The van der Waals surface area contributed by atoms with Gasteiger partial charge in [0.2, 0.25) is 5.76 Å². The maximum atomic E-state index is 10.6. The van der Waals surface area contributed by atoms with E-state index < -0.39 is 27.9 Å². The van der Waals surface area contributed by atoms with Crippen LogP contribution in [0.5, 0.6) is 0 Å². The molecule has 0 unspecified atom stereocenters. The van der Waals surface area contributed by atoms with Crippen LogP contribution < -0.4 is 0 Å². The minimum absolute atomic E-state index is 0.219. The van der Waals surface area contributed by atoms with Crippen molar-refractivity contribution >= 4 is 5.97 Å². The van der Waals surface area contributed by atoms with E-state index in [1.807, 2.05) is 0 Å². The lowest BCUT2D eigenvalue weighted by atomic mass is 10.2. The van der Waals surface area contributed by atoms with Crippen molar-refractivity contribution in [3.05, 3.63) is 45.4 Å². The van der Waals surface area contributed by atoms with Gasteiger partial charge in [-0.05, 0) is 12.5 Å². The van der Waals surface area contributed by atoms with Gasteiger partial charge in [-0.15, -0.1) is 0 Å². The van der Waals surface area contributed by atoms with Gasteiger partial charge >= 0.3 is 11.7 Å². The molecular formula is C8H7NO5. The Kier molecular flexibility index (Phi) is 2.66. The van der Waals surface area contributed by atoms with E-state index in [1.54, 1.807) is 0 Å². The molecule has 0 aromatic carbocycles. The minimum atomic E-state index is -1.39. The average Bonchev–Trinajstić information content (AvgIpc) is 2.26. The first-order valence-electron chi connectivity index (χ1n) is 3.72. The molecule has 0 aliphatic heterocycles. The van der Waals surface area contributed by atoms with Gasteiger partial charge in [0.15, 0.2) is 0 Å². The van der Waals surface area contributed by atoms with E-state index in [4.69, 9.17) is 5.11 Å². The third kappa shape index (κ3) is 1.79. The highest BCUT2D eigenvalue weighted by molar-refractivity contribution is 5.91. The molecule has 1 aliphatic rings. The molecule has 0 fully saturated rings. The Morgan fingerprint density at radius 1 is 1.57 bits per heavy atom. The van der Waals surface area contributed by atoms with E-state index in [9.17, 15) is 20.0 Å². The zero-order valence-electron chi connectivity index (χ0n) is 7.01. The van der Waals surface area contributed by atoms with Gasteiger partial charge < -0.3 is 10.2 Å². The highest BCUT2D eigenvalue weighted by Gasteiger charge is 2.24. The van der Waals surface area contributed by atoms with Crippen molar-refractivity contribution in [3.8, 4) is 0 Å². The van der Waals surface area contributed by atoms with Crippen LogP contribution in [0, 0.1) is 10.1 Å². The second kappa shape index (κ2) is 3.73. The molecule has 0 atom stereocenters. The van der Waals surface area contributed by atoms with Crippen LogP contribution in [-0.4, -0.2) is 21.1 Å². The lowest BCUT2D eigenvalue weighted by Crippen LogP contribution is -2.08. The number of nitrogens with zero attached hydrogens (tertiary/aromatic N) is 1. The summed E-state index contributed by atoms with van der Waals surface area (Å²) in [5.41, 5.74) is -1.04. The van der Waals surface area contributed by atoms with Crippen LogP contribution in [0.1, 0.15) is 6.42 Å². The summed E-state index contributed by atoms with van der Waals surface area (Å²) in [5.74, 6) is -2.20. The normalized spacial score (nSPS) is 16.1. The molecule has 0 spiro atoms. The predicted octanol–water partition coefficient (Wildman–Crippen LogP) is 1.00. The van der Waals surface area contributed by atoms with Crippen LogP contribution in [0.3, 0.4) is 0 Å². The Morgan fingerprint density at radius 2 is 2.21 bits per heavy atom. The van der Waals surface area contributed by atoms with Crippen molar-refractivity contribution in [2.24, 2.45) is 0 Å². The van der Waals surface area contributed by atoms with Crippen molar-refractivity contribution in [1.29, 1.82) is 0 Å². The number of carbonyl (C=O) groups is 1. The number of aliphatic hydroxyl groups is 1. The topological polar surface area (TPSA) is 101 Å². The first-order valence-corrected chi connectivity index (χ1v) is 3.72. The first kappa shape index (κ1) is 9.97. The lowest BCUT2D eigenvalue weighted by molar-refractivity contribution is -0.424. The van der Waals surface area contributed by atoms with Crippen molar-refractivity contribution in [2.45, 2.75) is 6.42 Å². The Balaban J connectivity index is 3.25. The van der Waals surface area contributed by atoms with E-state index in [-0.39, 0.29) is 6.42 Å². The molecule has 1 aliphatic carbocycles. The SMILES string of the molecule is O=C(O)C1=C(O)C([N+](=O)[O-])=CCC=C1. The van der Waals surface area contributed by atoms with Gasteiger partial charge in [-0.25, -0.2) is 4.79 Å². The highest BCUT2D eigenvalue weighted by Crippen LogP contribution is 2.18. The number of nitro groups is 1. The molecule has 74 valence electrons. The van der Waals surface area contributed by atoms with Crippen molar-refractivity contribution in [3.63, 3.8) is 0 Å². The fourth-order valence-corrected chi connectivity index (χ4v) is 1.01. The molecule has 0 heterocycles. The Labute approximate surface area is 78.6 Å². The zero-order valence-corrected chi connectivity index (χ0v) is 7.01. The molecule has 2 N–H and O–H groups in total. The van der Waals surface area contributed by atoms with Gasteiger partial charge in [0, 0.05) is 6.08 Å². The Hall–Kier alpha value is -2.11. The number of carboxylic acids is 1. The number of aliphatic hydroxyl groups excluding tert-OH is 1. The van der Waals surface area contributed by atoms with Crippen molar-refractivity contribution in [2.75, 3.05) is 0 Å². The van der Waals surface area contributed by atoms with Crippen LogP contribution >= 0.6 is 0 Å². The fourth-order valence-electron chi connectivity index (χ4n) is 1.01. The smallest absolute Gasteiger partial charge is 0.339 e. The summed E-state index contributed by atoms with van der Waals surface area (Å²) in [6, 6.07) is 0. The number of carboxylic acid groups (broad SMARTS) is 1. The number of rotatable bonds is 2. The maximum absolute atomic E-state index is 10.6. The summed E-state index contributed by atoms with van der Waals surface area (Å²) < 4.78 is 0. The van der Waals surface area contributed by atoms with Gasteiger partial charge in [-0.1, -0.05) is 6.08 Å². The van der Waals surface area contributed by atoms with Gasteiger partial charge in [0.1, 0.15) is 5.57 Å². The molecule has 6 nitrogen and oxygen atoms in total. The average molecular weight is 197 g/mol. The lowest BCUT2D eigenvalue weighted by Gasteiger charge is -1.98. The number of hydrogen-bond donors (Lipinski definition) is 2. The van der Waals surface area contributed by atoms with E-state index in [0.717, 1.165) is 12.2 Å². The second-order valence-electron chi connectivity index (χ2n) is 2.55. The number of aliphatic carboxylic acids is 1. The van der Waals surface area contributed by atoms with Crippen LogP contribution in [0.4, 0.5) is 0 Å². The first-order chi connectivity index (χ1) is 6.54. The summed E-state index contributed by atoms with van der Waals surface area (Å²) in [5, 5.41) is 28.3. The summed E-state index contributed by atoms with van der Waals surface area (Å²) in [7, 11) is 0. The predicted molar refractivity (Wildman–Crippen MR) is 46.1 cm³/mol. The number of allylic oxidation sites excluding steroid dienone is 2. The Morgan fingerprint density at radius 3 is 2.71 bits per heavy atom. The quantitative estimate of drug-likeness (QED) is 0.508. The Bertz CT molecular complexity index is 377. The van der Waals surface area contributed by atoms with Crippen LogP contribution in [-0.2, 0) is 4.79 Å². The summed E-state index contributed by atoms with van der Waals surface area (Å²) in [6.07, 6.45) is 3.94. The monoisotopic (exact) mass is 197 g/mol. The van der Waals surface area contributed by atoms with Crippen molar-refractivity contribution in [1.82, 2.24) is 0 Å². The van der Waals surface area contributed by atoms with E-state index in [2.05, 4.69) is 0 Å². The minimum Gasteiger partial charge on any atom is -0.502 e.